The van der Waals surface area contributed by atoms with E-state index in [4.69, 9.17) is 14.2 Å². The van der Waals surface area contributed by atoms with Gasteiger partial charge in [-0.25, -0.2) is 0 Å². The number of hydrogen-bond acceptors (Lipinski definition) is 5. The van der Waals surface area contributed by atoms with E-state index in [9.17, 15) is 5.11 Å². The maximum Gasteiger partial charge on any atom is 0.190 e. The van der Waals surface area contributed by atoms with Crippen molar-refractivity contribution < 1.29 is 19.3 Å². The minimum absolute atomic E-state index is 0.240. The average molecular weight is 217 g/mol. The van der Waals surface area contributed by atoms with Gasteiger partial charge >= 0.3 is 0 Å². The molecule has 5 nitrogen and oxygen atoms in total. The molecule has 0 aromatic rings. The van der Waals surface area contributed by atoms with Gasteiger partial charge in [0.05, 0.1) is 0 Å². The summed E-state index contributed by atoms with van der Waals surface area (Å²) in [5.74, 6) is -0.653. The molecule has 0 spiro atoms. The number of hydrogen-bond donors (Lipinski definition) is 2. The number of likely N-dealkylation sites (N-methyl/N-ethyl adjacent to an activating group) is 1. The van der Waals surface area contributed by atoms with Gasteiger partial charge in [-0.05, 0) is 20.4 Å². The molecule has 0 saturated carbocycles. The first-order chi connectivity index (χ1) is 7.03. The Bertz CT molecular complexity index is 233. The van der Waals surface area contributed by atoms with Crippen LogP contribution in [0.4, 0.5) is 0 Å². The Kier molecular flexibility index (Phi) is 3.00. The van der Waals surface area contributed by atoms with E-state index in [1.165, 1.54) is 0 Å². The summed E-state index contributed by atoms with van der Waals surface area (Å²) in [6.07, 6.45) is -1.64. The number of aliphatic hydroxyl groups excluding tert-OH is 1. The number of ether oxygens (including phenoxy) is 3. The van der Waals surface area contributed by atoms with Crippen LogP contribution in [0.1, 0.15) is 20.8 Å². The van der Waals surface area contributed by atoms with Crippen molar-refractivity contribution in [3.05, 3.63) is 0 Å². The lowest BCUT2D eigenvalue weighted by Gasteiger charge is -2.22. The standard InChI is InChI=1S/C10H19NO4/c1-4-11-5-6-7(12)8-9(13-6)15-10(2,3)14-8/h6-9,11-12H,4-5H2,1-3H3. The SMILES string of the molecule is CCNCC1OC2OC(C)(C)OC2C1O. The summed E-state index contributed by atoms with van der Waals surface area (Å²) in [7, 11) is 0. The van der Waals surface area contributed by atoms with E-state index in [0.717, 1.165) is 6.54 Å². The van der Waals surface area contributed by atoms with Crippen LogP contribution in [-0.2, 0) is 14.2 Å². The molecule has 2 rings (SSSR count). The monoisotopic (exact) mass is 217 g/mol. The van der Waals surface area contributed by atoms with Gasteiger partial charge < -0.3 is 24.6 Å². The Hall–Kier alpha value is -0.200. The van der Waals surface area contributed by atoms with Gasteiger partial charge in [0, 0.05) is 6.54 Å². The number of fused-ring (bicyclic) bond motifs is 1. The van der Waals surface area contributed by atoms with E-state index in [-0.39, 0.29) is 12.2 Å². The summed E-state index contributed by atoms with van der Waals surface area (Å²) >= 11 is 0. The molecule has 2 aliphatic heterocycles. The normalized spacial score (nSPS) is 43.2. The van der Waals surface area contributed by atoms with Crippen molar-refractivity contribution in [3.63, 3.8) is 0 Å². The van der Waals surface area contributed by atoms with Crippen LogP contribution in [0.2, 0.25) is 0 Å². The van der Waals surface area contributed by atoms with Gasteiger partial charge in [-0.2, -0.15) is 0 Å². The van der Waals surface area contributed by atoms with Gasteiger partial charge in [0.25, 0.3) is 0 Å². The van der Waals surface area contributed by atoms with Gasteiger partial charge in [-0.3, -0.25) is 0 Å². The van der Waals surface area contributed by atoms with Crippen molar-refractivity contribution >= 4 is 0 Å². The third kappa shape index (κ3) is 2.16. The predicted molar refractivity (Wildman–Crippen MR) is 53.2 cm³/mol. The molecule has 2 N–H and O–H groups in total. The molecule has 0 aromatic carbocycles. The van der Waals surface area contributed by atoms with Gasteiger partial charge in [-0.1, -0.05) is 6.92 Å². The Labute approximate surface area is 89.7 Å². The van der Waals surface area contributed by atoms with Crippen molar-refractivity contribution in [2.75, 3.05) is 13.1 Å². The molecule has 0 amide bonds. The van der Waals surface area contributed by atoms with Crippen LogP contribution in [0, 0.1) is 0 Å². The van der Waals surface area contributed by atoms with E-state index in [0.29, 0.717) is 6.54 Å². The van der Waals surface area contributed by atoms with Crippen molar-refractivity contribution in [1.82, 2.24) is 5.32 Å². The molecule has 4 unspecified atom stereocenters. The molecule has 5 heteroatoms. The van der Waals surface area contributed by atoms with Crippen molar-refractivity contribution in [3.8, 4) is 0 Å². The Morgan fingerprint density at radius 3 is 2.67 bits per heavy atom. The molecule has 2 aliphatic rings. The van der Waals surface area contributed by atoms with Crippen molar-refractivity contribution in [2.45, 2.75) is 51.2 Å². The van der Waals surface area contributed by atoms with E-state index in [2.05, 4.69) is 5.32 Å². The summed E-state index contributed by atoms with van der Waals surface area (Å²) in [5.41, 5.74) is 0. The quantitative estimate of drug-likeness (QED) is 0.687. The molecule has 4 atom stereocenters. The number of nitrogens with one attached hydrogen (secondary N) is 1. The van der Waals surface area contributed by atoms with Crippen molar-refractivity contribution in [2.24, 2.45) is 0 Å². The minimum Gasteiger partial charge on any atom is -0.387 e. The molecule has 0 aliphatic carbocycles. The zero-order valence-corrected chi connectivity index (χ0v) is 9.40. The first-order valence-electron chi connectivity index (χ1n) is 5.43. The Balaban J connectivity index is 1.93. The third-order valence-corrected chi connectivity index (χ3v) is 2.71. The number of rotatable bonds is 3. The van der Waals surface area contributed by atoms with Crippen LogP contribution in [0.5, 0.6) is 0 Å². The van der Waals surface area contributed by atoms with Crippen LogP contribution in [-0.4, -0.2) is 48.6 Å². The lowest BCUT2D eigenvalue weighted by molar-refractivity contribution is -0.214. The zero-order valence-electron chi connectivity index (χ0n) is 9.40. The average Bonchev–Trinajstić information content (AvgIpc) is 2.58. The Morgan fingerprint density at radius 1 is 1.33 bits per heavy atom. The molecule has 2 fully saturated rings. The predicted octanol–water partition coefficient (Wildman–Crippen LogP) is -0.167. The summed E-state index contributed by atoms with van der Waals surface area (Å²) in [6, 6.07) is 0. The molecule has 15 heavy (non-hydrogen) atoms. The van der Waals surface area contributed by atoms with E-state index < -0.39 is 18.2 Å². The molecule has 2 saturated heterocycles. The lowest BCUT2D eigenvalue weighted by Crippen LogP contribution is -2.39. The molecule has 0 radical (unpaired) electrons. The van der Waals surface area contributed by atoms with E-state index in [1.54, 1.807) is 0 Å². The summed E-state index contributed by atoms with van der Waals surface area (Å²) in [4.78, 5) is 0. The fourth-order valence-corrected chi connectivity index (χ4v) is 2.01. The van der Waals surface area contributed by atoms with Crippen LogP contribution >= 0.6 is 0 Å². The van der Waals surface area contributed by atoms with Crippen molar-refractivity contribution in [1.29, 1.82) is 0 Å². The summed E-state index contributed by atoms with van der Waals surface area (Å²) in [5, 5.41) is 13.1. The molecule has 88 valence electrons. The molecule has 2 heterocycles. The smallest absolute Gasteiger partial charge is 0.190 e. The maximum atomic E-state index is 9.95. The largest absolute Gasteiger partial charge is 0.387 e. The fraction of sp³-hybridized carbons (Fsp3) is 1.00. The van der Waals surface area contributed by atoms with Gasteiger partial charge in [0.1, 0.15) is 18.3 Å². The van der Waals surface area contributed by atoms with Gasteiger partial charge in [0.2, 0.25) is 0 Å². The van der Waals surface area contributed by atoms with Crippen LogP contribution in [0.25, 0.3) is 0 Å². The third-order valence-electron chi connectivity index (χ3n) is 2.71. The first kappa shape index (κ1) is 11.3. The van der Waals surface area contributed by atoms with E-state index in [1.807, 2.05) is 20.8 Å². The maximum absolute atomic E-state index is 9.95. The van der Waals surface area contributed by atoms with Crippen LogP contribution < -0.4 is 5.32 Å². The molecular weight excluding hydrogens is 198 g/mol. The summed E-state index contributed by atoms with van der Waals surface area (Å²) < 4.78 is 16.7. The molecule has 0 aromatic heterocycles. The molecular formula is C10H19NO4. The van der Waals surface area contributed by atoms with Gasteiger partial charge in [-0.15, -0.1) is 0 Å². The van der Waals surface area contributed by atoms with Crippen LogP contribution in [0.15, 0.2) is 0 Å². The number of aliphatic hydroxyl groups is 1. The second-order valence-electron chi connectivity index (χ2n) is 4.44. The Morgan fingerprint density at radius 2 is 2.07 bits per heavy atom. The van der Waals surface area contributed by atoms with Crippen LogP contribution in [0.3, 0.4) is 0 Å². The zero-order chi connectivity index (χ0) is 11.1. The van der Waals surface area contributed by atoms with Gasteiger partial charge in [0.15, 0.2) is 12.1 Å². The summed E-state index contributed by atoms with van der Waals surface area (Å²) in [6.45, 7) is 7.13. The second kappa shape index (κ2) is 3.99. The highest BCUT2D eigenvalue weighted by molar-refractivity contribution is 4.93. The minimum atomic E-state index is -0.653. The topological polar surface area (TPSA) is 60.0 Å². The lowest BCUT2D eigenvalue weighted by atomic mass is 10.1. The van der Waals surface area contributed by atoms with E-state index >= 15 is 0 Å². The highest BCUT2D eigenvalue weighted by Crippen LogP contribution is 2.36. The highest BCUT2D eigenvalue weighted by atomic mass is 16.8. The fourth-order valence-electron chi connectivity index (χ4n) is 2.01. The highest BCUT2D eigenvalue weighted by Gasteiger charge is 2.53. The molecule has 0 bridgehead atoms. The first-order valence-corrected chi connectivity index (χ1v) is 5.43. The second-order valence-corrected chi connectivity index (χ2v) is 4.44.